The molecular formula is C21H25N3O2. The molecule has 0 aromatic heterocycles. The number of anilines is 1. The first-order valence-corrected chi connectivity index (χ1v) is 9.05. The van der Waals surface area contributed by atoms with E-state index in [0.29, 0.717) is 0 Å². The van der Waals surface area contributed by atoms with Gasteiger partial charge in [-0.1, -0.05) is 42.5 Å². The minimum absolute atomic E-state index is 0.0663. The van der Waals surface area contributed by atoms with E-state index in [-0.39, 0.29) is 29.9 Å². The summed E-state index contributed by atoms with van der Waals surface area (Å²) in [7, 11) is 0. The molecule has 5 heteroatoms. The van der Waals surface area contributed by atoms with Gasteiger partial charge in [-0.15, -0.1) is 0 Å². The molecule has 3 N–H and O–H groups in total. The average molecular weight is 351 g/mol. The zero-order valence-electron chi connectivity index (χ0n) is 15.2. The third-order valence-electron chi connectivity index (χ3n) is 4.62. The van der Waals surface area contributed by atoms with Gasteiger partial charge in [-0.2, -0.15) is 0 Å². The number of nitrogens with one attached hydrogen (secondary N) is 3. The van der Waals surface area contributed by atoms with Crippen LogP contribution in [0.5, 0.6) is 0 Å². The van der Waals surface area contributed by atoms with Gasteiger partial charge >= 0.3 is 6.03 Å². The van der Waals surface area contributed by atoms with Gasteiger partial charge in [0.2, 0.25) is 5.91 Å². The summed E-state index contributed by atoms with van der Waals surface area (Å²) in [6.07, 6.45) is 1.97. The van der Waals surface area contributed by atoms with Gasteiger partial charge in [0.1, 0.15) is 0 Å². The van der Waals surface area contributed by atoms with Crippen molar-refractivity contribution in [2.75, 3.05) is 5.32 Å². The van der Waals surface area contributed by atoms with Crippen molar-refractivity contribution in [1.29, 1.82) is 0 Å². The quantitative estimate of drug-likeness (QED) is 0.731. The second-order valence-electron chi connectivity index (χ2n) is 6.86. The molecule has 1 aliphatic rings. The van der Waals surface area contributed by atoms with Gasteiger partial charge < -0.3 is 16.0 Å². The van der Waals surface area contributed by atoms with E-state index in [2.05, 4.69) is 16.0 Å². The summed E-state index contributed by atoms with van der Waals surface area (Å²) in [6.45, 7) is 3.89. The number of carbonyl (C=O) groups excluding carboxylic acids is 2. The van der Waals surface area contributed by atoms with Gasteiger partial charge in [0.15, 0.2) is 0 Å². The van der Waals surface area contributed by atoms with E-state index in [4.69, 9.17) is 0 Å². The Balaban J connectivity index is 1.51. The van der Waals surface area contributed by atoms with Gasteiger partial charge in [0, 0.05) is 11.6 Å². The lowest BCUT2D eigenvalue weighted by atomic mass is 10.1. The second kappa shape index (κ2) is 8.04. The molecule has 2 atom stereocenters. The zero-order valence-corrected chi connectivity index (χ0v) is 15.2. The molecule has 0 spiro atoms. The van der Waals surface area contributed by atoms with Crippen molar-refractivity contribution in [3.8, 4) is 0 Å². The Bertz CT molecular complexity index is 755. The van der Waals surface area contributed by atoms with Crippen molar-refractivity contribution in [2.45, 2.75) is 38.8 Å². The van der Waals surface area contributed by atoms with Crippen molar-refractivity contribution in [2.24, 2.45) is 5.92 Å². The smallest absolute Gasteiger partial charge is 0.315 e. The maximum Gasteiger partial charge on any atom is 0.315 e. The third kappa shape index (κ3) is 4.85. The van der Waals surface area contributed by atoms with Gasteiger partial charge in [-0.05, 0) is 49.9 Å². The van der Waals surface area contributed by atoms with Crippen LogP contribution in [0.1, 0.15) is 49.9 Å². The predicted molar refractivity (Wildman–Crippen MR) is 103 cm³/mol. The van der Waals surface area contributed by atoms with Crippen molar-refractivity contribution in [3.63, 3.8) is 0 Å². The molecular weight excluding hydrogens is 326 g/mol. The van der Waals surface area contributed by atoms with Crippen LogP contribution >= 0.6 is 0 Å². The summed E-state index contributed by atoms with van der Waals surface area (Å²) >= 11 is 0. The minimum atomic E-state index is -0.208. The number of amides is 3. The van der Waals surface area contributed by atoms with Crippen LogP contribution in [0.15, 0.2) is 54.6 Å². The molecule has 0 aliphatic heterocycles. The Kier molecular flexibility index (Phi) is 5.56. The number of hydrogen-bond donors (Lipinski definition) is 3. The molecule has 2 aromatic carbocycles. The van der Waals surface area contributed by atoms with Crippen molar-refractivity contribution >= 4 is 17.6 Å². The topological polar surface area (TPSA) is 70.2 Å². The van der Waals surface area contributed by atoms with Crippen LogP contribution in [0.2, 0.25) is 0 Å². The molecule has 0 saturated heterocycles. The lowest BCUT2D eigenvalue weighted by molar-refractivity contribution is -0.117. The van der Waals surface area contributed by atoms with Crippen molar-refractivity contribution in [3.05, 3.63) is 65.7 Å². The fraction of sp³-hybridized carbons (Fsp3) is 0.333. The maximum atomic E-state index is 12.2. The number of rotatable bonds is 6. The summed E-state index contributed by atoms with van der Waals surface area (Å²) in [5.41, 5.74) is 2.84. The summed E-state index contributed by atoms with van der Waals surface area (Å²) in [6, 6.07) is 17.0. The van der Waals surface area contributed by atoms with Crippen LogP contribution in [-0.4, -0.2) is 11.9 Å². The standard InChI is InChI=1S/C21H25N3O2/c1-14(16-6-4-3-5-7-16)22-21(26)23-15(2)17-10-12-19(13-11-17)24-20(25)18-8-9-18/h3-7,10-15,18H,8-9H2,1-2H3,(H,24,25)(H2,22,23,26)/t14-,15+/m1/s1. The van der Waals surface area contributed by atoms with Crippen LogP contribution in [0, 0.1) is 5.92 Å². The van der Waals surface area contributed by atoms with Gasteiger partial charge in [0.25, 0.3) is 0 Å². The van der Waals surface area contributed by atoms with E-state index in [0.717, 1.165) is 29.7 Å². The molecule has 0 heterocycles. The molecule has 1 saturated carbocycles. The Hall–Kier alpha value is -2.82. The highest BCUT2D eigenvalue weighted by atomic mass is 16.2. The lowest BCUT2D eigenvalue weighted by Crippen LogP contribution is -2.38. The molecule has 5 nitrogen and oxygen atoms in total. The monoisotopic (exact) mass is 351 g/mol. The lowest BCUT2D eigenvalue weighted by Gasteiger charge is -2.19. The highest BCUT2D eigenvalue weighted by Crippen LogP contribution is 2.30. The largest absolute Gasteiger partial charge is 0.332 e. The van der Waals surface area contributed by atoms with Crippen LogP contribution in [0.4, 0.5) is 10.5 Å². The highest BCUT2D eigenvalue weighted by molar-refractivity contribution is 5.94. The highest BCUT2D eigenvalue weighted by Gasteiger charge is 2.29. The minimum Gasteiger partial charge on any atom is -0.332 e. The Morgan fingerprint density at radius 2 is 1.38 bits per heavy atom. The molecule has 0 unspecified atom stereocenters. The van der Waals surface area contributed by atoms with E-state index in [1.807, 2.05) is 68.4 Å². The number of carbonyl (C=O) groups is 2. The first kappa shape index (κ1) is 18.0. The van der Waals surface area contributed by atoms with E-state index >= 15 is 0 Å². The molecule has 0 radical (unpaired) electrons. The Morgan fingerprint density at radius 1 is 0.846 bits per heavy atom. The first-order valence-electron chi connectivity index (χ1n) is 9.05. The third-order valence-corrected chi connectivity index (χ3v) is 4.62. The van der Waals surface area contributed by atoms with Crippen molar-refractivity contribution < 1.29 is 9.59 Å². The summed E-state index contributed by atoms with van der Waals surface area (Å²) in [4.78, 5) is 24.0. The number of hydrogen-bond acceptors (Lipinski definition) is 2. The number of urea groups is 1. The number of benzene rings is 2. The molecule has 26 heavy (non-hydrogen) atoms. The van der Waals surface area contributed by atoms with E-state index in [9.17, 15) is 9.59 Å². The normalized spacial score (nSPS) is 15.6. The Labute approximate surface area is 154 Å². The fourth-order valence-corrected chi connectivity index (χ4v) is 2.79. The van der Waals surface area contributed by atoms with Crippen LogP contribution in [-0.2, 0) is 4.79 Å². The van der Waals surface area contributed by atoms with Gasteiger partial charge in [-0.3, -0.25) is 4.79 Å². The van der Waals surface area contributed by atoms with Gasteiger partial charge in [-0.25, -0.2) is 4.79 Å². The second-order valence-corrected chi connectivity index (χ2v) is 6.86. The summed E-state index contributed by atoms with van der Waals surface area (Å²) in [5, 5.41) is 8.81. The molecule has 136 valence electrons. The fourth-order valence-electron chi connectivity index (χ4n) is 2.79. The van der Waals surface area contributed by atoms with E-state index in [1.165, 1.54) is 0 Å². The van der Waals surface area contributed by atoms with Crippen LogP contribution in [0.25, 0.3) is 0 Å². The molecule has 1 aliphatic carbocycles. The van der Waals surface area contributed by atoms with Gasteiger partial charge in [0.05, 0.1) is 12.1 Å². The molecule has 3 rings (SSSR count). The Morgan fingerprint density at radius 3 is 1.92 bits per heavy atom. The predicted octanol–water partition coefficient (Wildman–Crippen LogP) is 4.16. The maximum absolute atomic E-state index is 12.2. The van der Waals surface area contributed by atoms with Crippen LogP contribution < -0.4 is 16.0 Å². The van der Waals surface area contributed by atoms with Crippen LogP contribution in [0.3, 0.4) is 0 Å². The summed E-state index contributed by atoms with van der Waals surface area (Å²) in [5.74, 6) is 0.281. The van der Waals surface area contributed by atoms with Crippen molar-refractivity contribution in [1.82, 2.24) is 10.6 Å². The molecule has 1 fully saturated rings. The molecule has 0 bridgehead atoms. The van der Waals surface area contributed by atoms with E-state index in [1.54, 1.807) is 0 Å². The average Bonchev–Trinajstić information content (AvgIpc) is 3.48. The summed E-state index contributed by atoms with van der Waals surface area (Å²) < 4.78 is 0. The van der Waals surface area contributed by atoms with E-state index < -0.39 is 0 Å². The zero-order chi connectivity index (χ0) is 18.5. The first-order chi connectivity index (χ1) is 12.5. The molecule has 3 amide bonds. The molecule has 2 aromatic rings. The SMILES string of the molecule is C[C@H](NC(=O)N[C@H](C)c1ccccc1)c1ccc(NC(=O)C2CC2)cc1.